The van der Waals surface area contributed by atoms with Crippen LogP contribution in [0.1, 0.15) is 0 Å². The summed E-state index contributed by atoms with van der Waals surface area (Å²) in [4.78, 5) is 16.6. The molecule has 0 fully saturated rings. The molecule has 16 heavy (non-hydrogen) atoms. The summed E-state index contributed by atoms with van der Waals surface area (Å²) in [5.74, 6) is 0. The molecule has 0 aromatic carbocycles. The summed E-state index contributed by atoms with van der Waals surface area (Å²) in [7, 11) is -4.78. The van der Waals surface area contributed by atoms with E-state index >= 15 is 0 Å². The third-order valence-electron chi connectivity index (χ3n) is 1.74. The molecule has 0 aromatic rings. The van der Waals surface area contributed by atoms with E-state index in [4.69, 9.17) is 30.2 Å². The second-order valence-corrected chi connectivity index (χ2v) is 4.32. The van der Waals surface area contributed by atoms with Crippen LogP contribution in [0.25, 0.3) is 0 Å². The Morgan fingerprint density at radius 3 is 1.81 bits per heavy atom. The summed E-state index contributed by atoms with van der Waals surface area (Å²) in [6.45, 7) is -1.77. The lowest BCUT2D eigenvalue weighted by Gasteiger charge is -2.25. The van der Waals surface area contributed by atoms with Crippen LogP contribution in [0.2, 0.25) is 0 Å². The minimum Gasteiger partial charge on any atom is -0.394 e. The van der Waals surface area contributed by atoms with E-state index in [1.54, 1.807) is 0 Å². The first-order valence-electron chi connectivity index (χ1n) is 4.22. The molecule has 10 heteroatoms. The van der Waals surface area contributed by atoms with Crippen LogP contribution in [0.3, 0.4) is 0 Å². The van der Waals surface area contributed by atoms with Crippen molar-refractivity contribution in [2.45, 2.75) is 24.4 Å². The van der Waals surface area contributed by atoms with Crippen molar-refractivity contribution < 1.29 is 44.4 Å². The second kappa shape index (κ2) is 6.60. The van der Waals surface area contributed by atoms with Crippen LogP contribution in [-0.4, -0.2) is 72.9 Å². The lowest BCUT2D eigenvalue weighted by Crippen LogP contribution is -2.47. The molecule has 0 saturated carbocycles. The highest BCUT2D eigenvalue weighted by atomic mass is 31.2. The van der Waals surface area contributed by atoms with E-state index in [0.29, 0.717) is 0 Å². The topological polar surface area (TPSA) is 168 Å². The smallest absolute Gasteiger partial charge is 0.394 e. The number of aliphatic hydroxyl groups excluding tert-OH is 5. The number of phosphoric acid groups is 1. The van der Waals surface area contributed by atoms with Gasteiger partial charge in [-0.05, 0) is 0 Å². The van der Waals surface area contributed by atoms with Gasteiger partial charge < -0.3 is 35.3 Å². The first-order valence-corrected chi connectivity index (χ1v) is 5.75. The van der Waals surface area contributed by atoms with E-state index in [1.807, 2.05) is 0 Å². The van der Waals surface area contributed by atoms with Crippen molar-refractivity contribution >= 4 is 7.82 Å². The monoisotopic (exact) mass is 262 g/mol. The molecule has 0 heterocycles. The lowest BCUT2D eigenvalue weighted by atomic mass is 10.0. The summed E-state index contributed by atoms with van der Waals surface area (Å²) < 4.78 is 14.1. The number of rotatable bonds is 7. The fourth-order valence-corrected chi connectivity index (χ4v) is 1.18. The highest BCUT2D eigenvalue weighted by Gasteiger charge is 2.31. The van der Waals surface area contributed by atoms with E-state index < -0.39 is 45.5 Å². The fraction of sp³-hybridized carbons (Fsp3) is 1.00. The normalized spacial score (nSPS) is 20.2. The van der Waals surface area contributed by atoms with Gasteiger partial charge in [0, 0.05) is 0 Å². The van der Waals surface area contributed by atoms with Gasteiger partial charge in [0.25, 0.3) is 0 Å². The average molecular weight is 262 g/mol. The molecule has 0 amide bonds. The zero-order valence-electron chi connectivity index (χ0n) is 8.12. The van der Waals surface area contributed by atoms with Gasteiger partial charge >= 0.3 is 7.82 Å². The van der Waals surface area contributed by atoms with E-state index in [-0.39, 0.29) is 0 Å². The van der Waals surface area contributed by atoms with E-state index in [1.165, 1.54) is 0 Å². The number of hydrogen-bond donors (Lipinski definition) is 7. The van der Waals surface area contributed by atoms with Crippen LogP contribution < -0.4 is 0 Å². The Hall–Kier alpha value is -0.0900. The minimum absolute atomic E-state index is 0.843. The Balaban J connectivity index is 4.17. The molecule has 0 unspecified atom stereocenters. The molecule has 0 aliphatic carbocycles. The van der Waals surface area contributed by atoms with Gasteiger partial charge in [0.15, 0.2) is 0 Å². The number of phosphoric ester groups is 1. The van der Waals surface area contributed by atoms with Crippen LogP contribution in [0, 0.1) is 0 Å². The maximum atomic E-state index is 10.2. The highest BCUT2D eigenvalue weighted by Crippen LogP contribution is 2.35. The Bertz CT molecular complexity index is 240. The Kier molecular flexibility index (Phi) is 6.56. The molecular formula is C6H15O9P. The molecule has 0 radical (unpaired) electrons. The molecule has 0 aliphatic rings. The molecule has 0 aliphatic heterocycles. The Morgan fingerprint density at radius 2 is 1.44 bits per heavy atom. The summed E-state index contributed by atoms with van der Waals surface area (Å²) >= 11 is 0. The summed E-state index contributed by atoms with van der Waals surface area (Å²) in [5.41, 5.74) is 0. The van der Waals surface area contributed by atoms with Gasteiger partial charge in [0.05, 0.1) is 13.2 Å². The van der Waals surface area contributed by atoms with Crippen LogP contribution in [0.5, 0.6) is 0 Å². The van der Waals surface area contributed by atoms with Crippen LogP contribution >= 0.6 is 7.82 Å². The summed E-state index contributed by atoms with van der Waals surface area (Å²) in [6, 6.07) is 0. The second-order valence-electron chi connectivity index (χ2n) is 3.08. The zero-order valence-corrected chi connectivity index (χ0v) is 9.01. The van der Waals surface area contributed by atoms with Crippen molar-refractivity contribution in [2.24, 2.45) is 0 Å². The van der Waals surface area contributed by atoms with Crippen molar-refractivity contribution in [1.29, 1.82) is 0 Å². The SMILES string of the molecule is O=P(O)(O)OC[C@@H](O)[C@H](O)[C@H](O)[C@@H](O)CO. The molecule has 7 N–H and O–H groups in total. The molecule has 0 rings (SSSR count). The van der Waals surface area contributed by atoms with E-state index in [2.05, 4.69) is 4.52 Å². The van der Waals surface area contributed by atoms with Gasteiger partial charge in [-0.25, -0.2) is 4.57 Å². The third-order valence-corrected chi connectivity index (χ3v) is 2.22. The molecule has 0 aromatic heterocycles. The third kappa shape index (κ3) is 5.85. The van der Waals surface area contributed by atoms with Gasteiger partial charge in [-0.3, -0.25) is 4.52 Å². The van der Waals surface area contributed by atoms with Crippen LogP contribution in [-0.2, 0) is 9.09 Å². The highest BCUT2D eigenvalue weighted by molar-refractivity contribution is 7.46. The van der Waals surface area contributed by atoms with E-state index in [0.717, 1.165) is 0 Å². The lowest BCUT2D eigenvalue weighted by molar-refractivity contribution is -0.122. The number of aliphatic hydroxyl groups is 5. The molecular weight excluding hydrogens is 247 g/mol. The minimum atomic E-state index is -4.78. The first kappa shape index (κ1) is 15.9. The van der Waals surface area contributed by atoms with Crippen molar-refractivity contribution in [3.63, 3.8) is 0 Å². The first-order chi connectivity index (χ1) is 7.19. The molecule has 0 saturated heterocycles. The molecule has 98 valence electrons. The van der Waals surface area contributed by atoms with Crippen LogP contribution in [0.4, 0.5) is 0 Å². The van der Waals surface area contributed by atoms with Gasteiger partial charge in [0.1, 0.15) is 24.4 Å². The van der Waals surface area contributed by atoms with Gasteiger partial charge in [-0.15, -0.1) is 0 Å². The quantitative estimate of drug-likeness (QED) is 0.230. The van der Waals surface area contributed by atoms with Crippen LogP contribution in [0.15, 0.2) is 0 Å². The standard InChI is InChI=1S/C6H15O9P/c7-1-3(8)5(10)6(11)4(9)2-15-16(12,13)14/h3-11H,1-2H2,(H2,12,13,14)/t3-,4+,5+,6-/m0/s1. The average Bonchev–Trinajstić information content (AvgIpc) is 2.21. The van der Waals surface area contributed by atoms with Gasteiger partial charge in [-0.1, -0.05) is 0 Å². The largest absolute Gasteiger partial charge is 0.469 e. The molecule has 0 bridgehead atoms. The van der Waals surface area contributed by atoms with Gasteiger partial charge in [-0.2, -0.15) is 0 Å². The summed E-state index contributed by atoms with van der Waals surface area (Å²) in [6.07, 6.45) is -7.27. The van der Waals surface area contributed by atoms with Crippen molar-refractivity contribution in [3.05, 3.63) is 0 Å². The molecule has 0 spiro atoms. The zero-order chi connectivity index (χ0) is 12.9. The fourth-order valence-electron chi connectivity index (χ4n) is 0.835. The van der Waals surface area contributed by atoms with E-state index in [9.17, 15) is 9.67 Å². The Labute approximate surface area is 90.8 Å². The van der Waals surface area contributed by atoms with Gasteiger partial charge in [0.2, 0.25) is 0 Å². The predicted molar refractivity (Wildman–Crippen MR) is 49.1 cm³/mol. The number of hydrogen-bond acceptors (Lipinski definition) is 7. The predicted octanol–water partition coefficient (Wildman–Crippen LogP) is -3.47. The van der Waals surface area contributed by atoms with Crippen molar-refractivity contribution in [1.82, 2.24) is 0 Å². The molecule has 4 atom stereocenters. The maximum Gasteiger partial charge on any atom is 0.469 e. The Morgan fingerprint density at radius 1 is 1.00 bits per heavy atom. The van der Waals surface area contributed by atoms with Crippen molar-refractivity contribution in [3.8, 4) is 0 Å². The van der Waals surface area contributed by atoms with Crippen molar-refractivity contribution in [2.75, 3.05) is 13.2 Å². The summed E-state index contributed by atoms with van der Waals surface area (Å²) in [5, 5.41) is 44.8. The molecule has 9 nitrogen and oxygen atoms in total. The maximum absolute atomic E-state index is 10.2.